The van der Waals surface area contributed by atoms with Gasteiger partial charge < -0.3 is 4.42 Å². The quantitative estimate of drug-likeness (QED) is 0.496. The molecule has 7 heteroatoms. The van der Waals surface area contributed by atoms with Gasteiger partial charge >= 0.3 is 5.96 Å². The third-order valence-corrected chi connectivity index (χ3v) is 4.07. The lowest BCUT2D eigenvalue weighted by Gasteiger charge is -2.19. The maximum Gasteiger partial charge on any atom is 0.359 e. The average molecular weight is 324 g/mol. The zero-order valence-electron chi connectivity index (χ0n) is 13.5. The lowest BCUT2D eigenvalue weighted by atomic mass is 10.2. The van der Waals surface area contributed by atoms with Crippen LogP contribution in [0.1, 0.15) is 11.5 Å². The second kappa shape index (κ2) is 6.29. The molecule has 0 radical (unpaired) electrons. The number of guanidine groups is 1. The molecule has 24 heavy (non-hydrogen) atoms. The van der Waals surface area contributed by atoms with Crippen LogP contribution < -0.4 is 20.5 Å². The molecule has 122 valence electrons. The van der Waals surface area contributed by atoms with Crippen LogP contribution in [0, 0.1) is 6.92 Å². The molecule has 0 spiro atoms. The topological polar surface area (TPSA) is 81.4 Å². The zero-order chi connectivity index (χ0) is 16.4. The average Bonchev–Trinajstić information content (AvgIpc) is 3.10. The first-order valence-electron chi connectivity index (χ1n) is 7.99. The molecule has 4 N–H and O–H groups in total. The van der Waals surface area contributed by atoms with Crippen LogP contribution in [0.4, 0.5) is 5.95 Å². The SMILES string of the molecule is Cc1nc(NC2=[NH+]C[NH+](Cc3ccco3)CN2)nc2ccccc12. The van der Waals surface area contributed by atoms with Gasteiger partial charge in [-0.25, -0.2) is 20.6 Å². The molecule has 0 fully saturated rings. The minimum absolute atomic E-state index is 0.593. The molecule has 1 atom stereocenters. The Morgan fingerprint density at radius 3 is 2.96 bits per heavy atom. The molecule has 3 aromatic rings. The zero-order valence-corrected chi connectivity index (χ0v) is 13.5. The number of fused-ring (bicyclic) bond motifs is 1. The first kappa shape index (κ1) is 14.6. The Balaban J connectivity index is 1.45. The van der Waals surface area contributed by atoms with Crippen molar-refractivity contribution in [2.45, 2.75) is 13.5 Å². The van der Waals surface area contributed by atoms with Crippen LogP contribution in [0.5, 0.6) is 0 Å². The number of hydrogen-bond donors (Lipinski definition) is 4. The number of hydrogen-bond acceptors (Lipinski definition) is 5. The summed E-state index contributed by atoms with van der Waals surface area (Å²) in [6, 6.07) is 11.9. The fourth-order valence-corrected chi connectivity index (χ4v) is 2.83. The standard InChI is InChI=1S/C17H18N6O/c1-12-14-6-2-3-7-15(14)21-17(20-12)22-16-18-10-23(11-19-16)9-13-5-4-8-24-13/h2-8H,9-11H2,1H3,(H2,18,19,20,21,22)/p+2. The second-order valence-corrected chi connectivity index (χ2v) is 5.86. The monoisotopic (exact) mass is 324 g/mol. The third-order valence-electron chi connectivity index (χ3n) is 4.07. The smallest absolute Gasteiger partial charge is 0.359 e. The van der Waals surface area contributed by atoms with Gasteiger partial charge in [-0.05, 0) is 25.1 Å². The normalized spacial score (nSPS) is 17.4. The Labute approximate surface area is 139 Å². The highest BCUT2D eigenvalue weighted by Gasteiger charge is 2.22. The molecule has 2 aromatic heterocycles. The van der Waals surface area contributed by atoms with Crippen LogP contribution >= 0.6 is 0 Å². The number of anilines is 1. The summed E-state index contributed by atoms with van der Waals surface area (Å²) in [7, 11) is 0. The predicted octanol–water partition coefficient (Wildman–Crippen LogP) is -1.02. The van der Waals surface area contributed by atoms with E-state index in [1.165, 1.54) is 4.90 Å². The van der Waals surface area contributed by atoms with Crippen molar-refractivity contribution in [1.82, 2.24) is 15.3 Å². The number of benzene rings is 1. The van der Waals surface area contributed by atoms with Gasteiger partial charge in [0.15, 0.2) is 19.1 Å². The molecule has 1 unspecified atom stereocenters. The van der Waals surface area contributed by atoms with Gasteiger partial charge in [0.25, 0.3) is 5.95 Å². The molecule has 1 aliphatic rings. The number of quaternary nitrogens is 1. The van der Waals surface area contributed by atoms with Gasteiger partial charge in [-0.3, -0.25) is 4.90 Å². The van der Waals surface area contributed by atoms with Crippen molar-refractivity contribution in [2.75, 3.05) is 18.7 Å². The van der Waals surface area contributed by atoms with Crippen LogP contribution in [-0.2, 0) is 6.54 Å². The van der Waals surface area contributed by atoms with Crippen molar-refractivity contribution in [3.05, 3.63) is 54.1 Å². The van der Waals surface area contributed by atoms with Crippen molar-refractivity contribution >= 4 is 22.8 Å². The Morgan fingerprint density at radius 2 is 2.17 bits per heavy atom. The van der Waals surface area contributed by atoms with Crippen LogP contribution in [0.25, 0.3) is 10.9 Å². The third kappa shape index (κ3) is 3.07. The molecule has 7 nitrogen and oxygen atoms in total. The van der Waals surface area contributed by atoms with Crippen LogP contribution in [0.3, 0.4) is 0 Å². The molecule has 3 heterocycles. The van der Waals surface area contributed by atoms with E-state index in [0.717, 1.165) is 48.2 Å². The molecular formula is C17H20N6O+2. The maximum atomic E-state index is 5.39. The lowest BCUT2D eigenvalue weighted by Crippen LogP contribution is -3.23. The predicted molar refractivity (Wildman–Crippen MR) is 90.1 cm³/mol. The molecule has 0 saturated heterocycles. The molecule has 0 saturated carbocycles. The first-order valence-corrected chi connectivity index (χ1v) is 7.99. The van der Waals surface area contributed by atoms with Crippen LogP contribution in [-0.4, -0.2) is 29.3 Å². The van der Waals surface area contributed by atoms with E-state index in [1.54, 1.807) is 6.26 Å². The summed E-state index contributed by atoms with van der Waals surface area (Å²) in [4.78, 5) is 13.8. The molecule has 0 aliphatic carbocycles. The Hall–Kier alpha value is -2.93. The van der Waals surface area contributed by atoms with Crippen molar-refractivity contribution in [2.24, 2.45) is 0 Å². The van der Waals surface area contributed by atoms with E-state index in [-0.39, 0.29) is 0 Å². The Kier molecular flexibility index (Phi) is 3.84. The van der Waals surface area contributed by atoms with Gasteiger partial charge in [0, 0.05) is 5.39 Å². The fraction of sp³-hybridized carbons (Fsp3) is 0.235. The van der Waals surface area contributed by atoms with Crippen LogP contribution in [0.2, 0.25) is 0 Å². The fourth-order valence-electron chi connectivity index (χ4n) is 2.83. The minimum atomic E-state index is 0.593. The van der Waals surface area contributed by atoms with E-state index in [9.17, 15) is 0 Å². The Morgan fingerprint density at radius 1 is 1.25 bits per heavy atom. The minimum Gasteiger partial charge on any atom is -0.463 e. The Bertz CT molecular complexity index is 874. The number of para-hydroxylation sites is 1. The molecule has 0 bridgehead atoms. The number of nitrogens with zero attached hydrogens (tertiary/aromatic N) is 2. The van der Waals surface area contributed by atoms with Gasteiger partial charge in [0.05, 0.1) is 17.5 Å². The highest BCUT2D eigenvalue weighted by Crippen LogP contribution is 2.16. The second-order valence-electron chi connectivity index (χ2n) is 5.86. The summed E-state index contributed by atoms with van der Waals surface area (Å²) in [6.45, 7) is 4.42. The largest absolute Gasteiger partial charge is 0.463 e. The van der Waals surface area contributed by atoms with Gasteiger partial charge in [-0.15, -0.1) is 0 Å². The molecule has 1 aromatic carbocycles. The van der Waals surface area contributed by atoms with E-state index in [0.29, 0.717) is 5.95 Å². The summed E-state index contributed by atoms with van der Waals surface area (Å²) in [5.41, 5.74) is 1.90. The van der Waals surface area contributed by atoms with Gasteiger partial charge in [0.1, 0.15) is 6.54 Å². The van der Waals surface area contributed by atoms with E-state index in [4.69, 9.17) is 4.42 Å². The highest BCUT2D eigenvalue weighted by atomic mass is 16.3. The summed E-state index contributed by atoms with van der Waals surface area (Å²) < 4.78 is 5.39. The van der Waals surface area contributed by atoms with Crippen LogP contribution in [0.15, 0.2) is 47.1 Å². The summed E-state index contributed by atoms with van der Waals surface area (Å²) in [5.74, 6) is 2.40. The van der Waals surface area contributed by atoms with Crippen molar-refractivity contribution in [1.29, 1.82) is 0 Å². The first-order chi connectivity index (χ1) is 11.8. The van der Waals surface area contributed by atoms with E-state index in [1.807, 2.05) is 43.3 Å². The summed E-state index contributed by atoms with van der Waals surface area (Å²) >= 11 is 0. The van der Waals surface area contributed by atoms with Gasteiger partial charge in [0.2, 0.25) is 0 Å². The number of rotatable bonds is 3. The number of aromatic nitrogens is 2. The molecule has 1 aliphatic heterocycles. The molecule has 0 amide bonds. The van der Waals surface area contributed by atoms with Gasteiger partial charge in [-0.2, -0.15) is 4.98 Å². The number of furan rings is 1. The molecule has 4 rings (SSSR count). The maximum absolute atomic E-state index is 5.39. The van der Waals surface area contributed by atoms with E-state index >= 15 is 0 Å². The van der Waals surface area contributed by atoms with E-state index in [2.05, 4.69) is 25.6 Å². The highest BCUT2D eigenvalue weighted by molar-refractivity contribution is 5.89. The van der Waals surface area contributed by atoms with Crippen molar-refractivity contribution in [3.8, 4) is 0 Å². The number of aryl methyl sites for hydroxylation is 1. The van der Waals surface area contributed by atoms with Crippen molar-refractivity contribution in [3.63, 3.8) is 0 Å². The lowest BCUT2D eigenvalue weighted by molar-refractivity contribution is -0.992. The van der Waals surface area contributed by atoms with Crippen molar-refractivity contribution < 1.29 is 14.3 Å². The number of nitrogens with one attached hydrogen (secondary N) is 4. The molecular weight excluding hydrogens is 304 g/mol. The summed E-state index contributed by atoms with van der Waals surface area (Å²) in [6.07, 6.45) is 1.71. The van der Waals surface area contributed by atoms with Gasteiger partial charge in [-0.1, -0.05) is 18.2 Å². The summed E-state index contributed by atoms with van der Waals surface area (Å²) in [5, 5.41) is 7.64. The van der Waals surface area contributed by atoms with E-state index < -0.39 is 0 Å².